The van der Waals surface area contributed by atoms with Gasteiger partial charge in [-0.2, -0.15) is 4.98 Å². The van der Waals surface area contributed by atoms with E-state index in [2.05, 4.69) is 27.5 Å². The number of amides is 1. The molecule has 1 amide bonds. The van der Waals surface area contributed by atoms with Crippen LogP contribution in [0.5, 0.6) is 0 Å². The third-order valence-corrected chi connectivity index (χ3v) is 4.13. The minimum absolute atomic E-state index is 0.0971. The molecule has 0 aliphatic carbocycles. The molecule has 0 fully saturated rings. The SMILES string of the molecule is CCCCCNc1nc(N)nc2ccc(-c3ccc(NC(C)=O)cc3)nc12. The molecule has 0 atom stereocenters. The quantitative estimate of drug-likeness (QED) is 0.550. The van der Waals surface area contributed by atoms with Gasteiger partial charge in [0.2, 0.25) is 11.9 Å². The average molecular weight is 364 g/mol. The predicted molar refractivity (Wildman–Crippen MR) is 109 cm³/mol. The molecule has 0 saturated carbocycles. The lowest BCUT2D eigenvalue weighted by Gasteiger charge is -2.10. The number of nitrogens with two attached hydrogens (primary N) is 1. The number of nitrogen functional groups attached to an aromatic ring is 1. The van der Waals surface area contributed by atoms with Crippen LogP contribution in [0.15, 0.2) is 36.4 Å². The third kappa shape index (κ3) is 4.69. The van der Waals surface area contributed by atoms with Gasteiger partial charge in [-0.1, -0.05) is 31.9 Å². The van der Waals surface area contributed by atoms with E-state index in [0.717, 1.165) is 42.8 Å². The van der Waals surface area contributed by atoms with Gasteiger partial charge in [0, 0.05) is 24.7 Å². The van der Waals surface area contributed by atoms with Gasteiger partial charge in [0.05, 0.1) is 11.2 Å². The Labute approximate surface area is 158 Å². The number of hydrogen-bond donors (Lipinski definition) is 3. The molecule has 0 saturated heterocycles. The standard InChI is InChI=1S/C20H24N6O/c1-3-4-5-12-22-19-18-17(25-20(21)26-19)11-10-16(24-18)14-6-8-15(9-7-14)23-13(2)27/h6-11H,3-5,12H2,1-2H3,(H,23,27)(H3,21,22,25,26). The van der Waals surface area contributed by atoms with Gasteiger partial charge in [-0.05, 0) is 30.7 Å². The number of carbonyl (C=O) groups excluding carboxylic acids is 1. The van der Waals surface area contributed by atoms with Crippen LogP contribution in [0.25, 0.3) is 22.3 Å². The predicted octanol–water partition coefficient (Wildman–Crippen LogP) is 3.83. The first-order valence-corrected chi connectivity index (χ1v) is 9.13. The van der Waals surface area contributed by atoms with Gasteiger partial charge in [-0.25, -0.2) is 9.97 Å². The molecule has 7 nitrogen and oxygen atoms in total. The summed E-state index contributed by atoms with van der Waals surface area (Å²) in [6.07, 6.45) is 3.38. The molecule has 0 aliphatic rings. The molecule has 2 heterocycles. The van der Waals surface area contributed by atoms with Crippen LogP contribution in [-0.2, 0) is 4.79 Å². The molecule has 7 heteroatoms. The van der Waals surface area contributed by atoms with E-state index in [1.165, 1.54) is 6.92 Å². The maximum atomic E-state index is 11.2. The highest BCUT2D eigenvalue weighted by Crippen LogP contribution is 2.25. The summed E-state index contributed by atoms with van der Waals surface area (Å²) in [7, 11) is 0. The summed E-state index contributed by atoms with van der Waals surface area (Å²) in [5.74, 6) is 0.792. The smallest absolute Gasteiger partial charge is 0.222 e. The Morgan fingerprint density at radius 1 is 1.04 bits per heavy atom. The van der Waals surface area contributed by atoms with E-state index in [4.69, 9.17) is 10.7 Å². The zero-order chi connectivity index (χ0) is 19.2. The minimum Gasteiger partial charge on any atom is -0.368 e. The highest BCUT2D eigenvalue weighted by molar-refractivity contribution is 5.90. The maximum absolute atomic E-state index is 11.2. The number of hydrogen-bond acceptors (Lipinski definition) is 6. The lowest BCUT2D eigenvalue weighted by Crippen LogP contribution is -2.07. The molecule has 0 aliphatic heterocycles. The maximum Gasteiger partial charge on any atom is 0.222 e. The fourth-order valence-corrected chi connectivity index (χ4v) is 2.83. The number of nitrogens with zero attached hydrogens (tertiary/aromatic N) is 3. The van der Waals surface area contributed by atoms with Crippen LogP contribution < -0.4 is 16.4 Å². The van der Waals surface area contributed by atoms with Crippen LogP contribution >= 0.6 is 0 Å². The molecular weight excluding hydrogens is 340 g/mol. The number of rotatable bonds is 7. The largest absolute Gasteiger partial charge is 0.368 e. The summed E-state index contributed by atoms with van der Waals surface area (Å²) in [5, 5.41) is 6.09. The van der Waals surface area contributed by atoms with Crippen molar-refractivity contribution in [1.29, 1.82) is 0 Å². The number of nitrogens with one attached hydrogen (secondary N) is 2. The van der Waals surface area contributed by atoms with Crippen molar-refractivity contribution in [2.24, 2.45) is 0 Å². The van der Waals surface area contributed by atoms with Crippen LogP contribution in [0.1, 0.15) is 33.1 Å². The summed E-state index contributed by atoms with van der Waals surface area (Å²) in [4.78, 5) is 24.5. The number of benzene rings is 1. The zero-order valence-electron chi connectivity index (χ0n) is 15.6. The molecule has 140 valence electrons. The Hall–Kier alpha value is -3.22. The second-order valence-corrected chi connectivity index (χ2v) is 6.39. The molecule has 27 heavy (non-hydrogen) atoms. The van der Waals surface area contributed by atoms with Gasteiger partial charge >= 0.3 is 0 Å². The molecule has 1 aromatic carbocycles. The van der Waals surface area contributed by atoms with Gasteiger partial charge in [-0.3, -0.25) is 4.79 Å². The summed E-state index contributed by atoms with van der Waals surface area (Å²) in [5.41, 5.74) is 9.74. The fraction of sp³-hybridized carbons (Fsp3) is 0.300. The highest BCUT2D eigenvalue weighted by Gasteiger charge is 2.10. The van der Waals surface area contributed by atoms with Gasteiger partial charge in [0.15, 0.2) is 5.82 Å². The van der Waals surface area contributed by atoms with Crippen molar-refractivity contribution >= 4 is 34.4 Å². The third-order valence-electron chi connectivity index (χ3n) is 4.13. The van der Waals surface area contributed by atoms with E-state index in [0.29, 0.717) is 16.9 Å². The summed E-state index contributed by atoms with van der Waals surface area (Å²) in [6, 6.07) is 11.4. The molecule has 0 bridgehead atoms. The Morgan fingerprint density at radius 2 is 1.81 bits per heavy atom. The van der Waals surface area contributed by atoms with Crippen molar-refractivity contribution in [3.63, 3.8) is 0 Å². The Morgan fingerprint density at radius 3 is 2.52 bits per heavy atom. The number of aromatic nitrogens is 3. The topological polar surface area (TPSA) is 106 Å². The molecule has 0 radical (unpaired) electrons. The van der Waals surface area contributed by atoms with Crippen molar-refractivity contribution in [3.8, 4) is 11.3 Å². The van der Waals surface area contributed by atoms with Crippen LogP contribution in [0.2, 0.25) is 0 Å². The van der Waals surface area contributed by atoms with E-state index in [1.54, 1.807) is 0 Å². The molecule has 0 spiro atoms. The van der Waals surface area contributed by atoms with E-state index in [-0.39, 0.29) is 11.9 Å². The normalized spacial score (nSPS) is 10.7. The Bertz CT molecular complexity index is 939. The van der Waals surface area contributed by atoms with E-state index >= 15 is 0 Å². The van der Waals surface area contributed by atoms with Crippen molar-refractivity contribution in [2.75, 3.05) is 22.9 Å². The number of anilines is 3. The van der Waals surface area contributed by atoms with Gasteiger partial charge < -0.3 is 16.4 Å². The molecular formula is C20H24N6O. The van der Waals surface area contributed by atoms with Crippen molar-refractivity contribution < 1.29 is 4.79 Å². The number of pyridine rings is 1. The summed E-state index contributed by atoms with van der Waals surface area (Å²) >= 11 is 0. The Balaban J connectivity index is 1.91. The lowest BCUT2D eigenvalue weighted by molar-refractivity contribution is -0.114. The molecule has 2 aromatic heterocycles. The monoisotopic (exact) mass is 364 g/mol. The van der Waals surface area contributed by atoms with E-state index in [9.17, 15) is 4.79 Å². The minimum atomic E-state index is -0.0971. The van der Waals surface area contributed by atoms with Gasteiger partial charge in [0.25, 0.3) is 0 Å². The summed E-state index contributed by atoms with van der Waals surface area (Å²) in [6.45, 7) is 4.47. The first-order valence-electron chi connectivity index (χ1n) is 9.13. The molecule has 3 aromatic rings. The van der Waals surface area contributed by atoms with Crippen LogP contribution in [-0.4, -0.2) is 27.4 Å². The van der Waals surface area contributed by atoms with Crippen molar-refractivity contribution in [1.82, 2.24) is 15.0 Å². The first-order chi connectivity index (χ1) is 13.1. The van der Waals surface area contributed by atoms with Gasteiger partial charge in [-0.15, -0.1) is 0 Å². The molecule has 4 N–H and O–H groups in total. The van der Waals surface area contributed by atoms with E-state index < -0.39 is 0 Å². The van der Waals surface area contributed by atoms with E-state index in [1.807, 2.05) is 36.4 Å². The van der Waals surface area contributed by atoms with Crippen LogP contribution in [0.4, 0.5) is 17.5 Å². The summed E-state index contributed by atoms with van der Waals surface area (Å²) < 4.78 is 0. The van der Waals surface area contributed by atoms with Crippen LogP contribution in [0.3, 0.4) is 0 Å². The Kier molecular flexibility index (Phi) is 5.80. The first kappa shape index (κ1) is 18.6. The second kappa shape index (κ2) is 8.44. The second-order valence-electron chi connectivity index (χ2n) is 6.39. The van der Waals surface area contributed by atoms with Crippen molar-refractivity contribution in [2.45, 2.75) is 33.1 Å². The zero-order valence-corrected chi connectivity index (χ0v) is 15.6. The molecule has 3 rings (SSSR count). The number of carbonyl (C=O) groups is 1. The number of unbranched alkanes of at least 4 members (excludes halogenated alkanes) is 2. The lowest BCUT2D eigenvalue weighted by atomic mass is 10.1. The average Bonchev–Trinajstić information content (AvgIpc) is 2.65. The van der Waals surface area contributed by atoms with Gasteiger partial charge in [0.1, 0.15) is 5.52 Å². The fourth-order valence-electron chi connectivity index (χ4n) is 2.83. The highest BCUT2D eigenvalue weighted by atomic mass is 16.1. The molecule has 0 unspecified atom stereocenters. The van der Waals surface area contributed by atoms with Crippen molar-refractivity contribution in [3.05, 3.63) is 36.4 Å². The number of fused-ring (bicyclic) bond motifs is 1. The van der Waals surface area contributed by atoms with Crippen LogP contribution in [0, 0.1) is 0 Å².